The Balaban J connectivity index is 2.11. The van der Waals surface area contributed by atoms with Gasteiger partial charge in [-0.3, -0.25) is 4.79 Å². The minimum atomic E-state index is -0.614. The van der Waals surface area contributed by atoms with E-state index >= 15 is 0 Å². The van der Waals surface area contributed by atoms with Gasteiger partial charge in [-0.1, -0.05) is 6.07 Å². The van der Waals surface area contributed by atoms with Crippen LogP contribution in [0.4, 0.5) is 0 Å². The topological polar surface area (TPSA) is 59.6 Å². The van der Waals surface area contributed by atoms with Crippen LogP contribution in [0.25, 0.3) is 0 Å². The van der Waals surface area contributed by atoms with Crippen LogP contribution in [0.2, 0.25) is 0 Å². The normalized spacial score (nSPS) is 15.2. The Morgan fingerprint density at radius 1 is 1.29 bits per heavy atom. The van der Waals surface area contributed by atoms with E-state index in [1.807, 2.05) is 32.0 Å². The molecule has 1 heterocycles. The van der Waals surface area contributed by atoms with Crippen LogP contribution < -0.4 is 20.1 Å². The van der Waals surface area contributed by atoms with Gasteiger partial charge in [0.15, 0.2) is 11.5 Å². The van der Waals surface area contributed by atoms with Crippen molar-refractivity contribution in [1.82, 2.24) is 10.6 Å². The molecule has 1 fully saturated rings. The van der Waals surface area contributed by atoms with E-state index < -0.39 is 5.41 Å². The maximum absolute atomic E-state index is 12.5. The lowest BCUT2D eigenvalue weighted by Gasteiger charge is -2.30. The molecule has 1 saturated heterocycles. The maximum atomic E-state index is 12.5. The molecule has 21 heavy (non-hydrogen) atoms. The minimum Gasteiger partial charge on any atom is -0.493 e. The van der Waals surface area contributed by atoms with Gasteiger partial charge in [0, 0.05) is 25.6 Å². The van der Waals surface area contributed by atoms with Gasteiger partial charge < -0.3 is 20.1 Å². The molecule has 0 aliphatic carbocycles. The number of nitrogens with one attached hydrogen (secondary N) is 2. The quantitative estimate of drug-likeness (QED) is 0.830. The Morgan fingerprint density at radius 2 is 1.95 bits per heavy atom. The number of amides is 1. The molecular formula is C16H24N2O3. The van der Waals surface area contributed by atoms with Crippen LogP contribution >= 0.6 is 0 Å². The average molecular weight is 292 g/mol. The summed E-state index contributed by atoms with van der Waals surface area (Å²) in [5, 5.41) is 6.24. The Kier molecular flexibility index (Phi) is 4.73. The van der Waals surface area contributed by atoms with Gasteiger partial charge in [0.05, 0.1) is 19.6 Å². The summed E-state index contributed by atoms with van der Waals surface area (Å²) in [6.07, 6.45) is 0. The van der Waals surface area contributed by atoms with Crippen molar-refractivity contribution in [1.29, 1.82) is 0 Å². The molecule has 0 atom stereocenters. The van der Waals surface area contributed by atoms with Gasteiger partial charge in [-0.2, -0.15) is 0 Å². The van der Waals surface area contributed by atoms with Crippen LogP contribution in [0.3, 0.4) is 0 Å². The summed E-state index contributed by atoms with van der Waals surface area (Å²) < 4.78 is 10.5. The summed E-state index contributed by atoms with van der Waals surface area (Å²) in [5.74, 6) is 1.88. The van der Waals surface area contributed by atoms with Gasteiger partial charge in [-0.05, 0) is 31.5 Å². The number of carbonyl (C=O) groups is 1. The lowest BCUT2D eigenvalue weighted by Crippen LogP contribution is -2.50. The van der Waals surface area contributed by atoms with Crippen molar-refractivity contribution < 1.29 is 14.3 Å². The molecule has 0 radical (unpaired) electrons. The van der Waals surface area contributed by atoms with Crippen molar-refractivity contribution in [2.24, 2.45) is 5.92 Å². The zero-order chi connectivity index (χ0) is 15.5. The molecule has 1 aromatic rings. The van der Waals surface area contributed by atoms with Crippen molar-refractivity contribution in [3.8, 4) is 11.5 Å². The summed E-state index contributed by atoms with van der Waals surface area (Å²) in [5.41, 5.74) is 0.292. The molecule has 5 nitrogen and oxygen atoms in total. The zero-order valence-electron chi connectivity index (χ0n) is 13.2. The van der Waals surface area contributed by atoms with Crippen molar-refractivity contribution in [2.75, 3.05) is 33.9 Å². The fraction of sp³-hybridized carbons (Fsp3) is 0.562. The molecule has 0 aromatic heterocycles. The second-order valence-electron chi connectivity index (χ2n) is 5.93. The van der Waals surface area contributed by atoms with Crippen LogP contribution in [0.15, 0.2) is 18.2 Å². The second-order valence-corrected chi connectivity index (χ2v) is 5.93. The lowest BCUT2D eigenvalue weighted by molar-refractivity contribution is -0.125. The van der Waals surface area contributed by atoms with Crippen molar-refractivity contribution in [3.63, 3.8) is 0 Å². The Labute approximate surface area is 126 Å². The molecule has 5 heteroatoms. The van der Waals surface area contributed by atoms with Gasteiger partial charge in [0.1, 0.15) is 0 Å². The van der Waals surface area contributed by atoms with Gasteiger partial charge in [0.25, 0.3) is 0 Å². The van der Waals surface area contributed by atoms with Crippen molar-refractivity contribution in [3.05, 3.63) is 23.8 Å². The fourth-order valence-corrected chi connectivity index (χ4v) is 2.31. The average Bonchev–Trinajstić information content (AvgIpc) is 2.44. The largest absolute Gasteiger partial charge is 0.493 e. The third-order valence-electron chi connectivity index (χ3n) is 4.09. The highest BCUT2D eigenvalue weighted by Crippen LogP contribution is 2.33. The fourth-order valence-electron chi connectivity index (χ4n) is 2.31. The lowest BCUT2D eigenvalue weighted by atomic mass is 9.83. The van der Waals surface area contributed by atoms with E-state index in [1.165, 1.54) is 0 Å². The first-order valence-electron chi connectivity index (χ1n) is 7.20. The van der Waals surface area contributed by atoms with Gasteiger partial charge in [-0.25, -0.2) is 0 Å². The number of ether oxygens (including phenoxy) is 2. The van der Waals surface area contributed by atoms with Crippen LogP contribution in [-0.4, -0.2) is 39.8 Å². The highest BCUT2D eigenvalue weighted by atomic mass is 16.5. The first-order valence-corrected chi connectivity index (χ1v) is 7.20. The molecule has 1 amide bonds. The number of hydrogen-bond acceptors (Lipinski definition) is 4. The molecule has 116 valence electrons. The van der Waals surface area contributed by atoms with E-state index in [-0.39, 0.29) is 5.91 Å². The Bertz CT molecular complexity index is 510. The highest BCUT2D eigenvalue weighted by Gasteiger charge is 2.31. The van der Waals surface area contributed by atoms with E-state index in [0.717, 1.165) is 25.2 Å². The Morgan fingerprint density at radius 3 is 2.48 bits per heavy atom. The third-order valence-corrected chi connectivity index (χ3v) is 4.09. The molecule has 2 rings (SSSR count). The van der Waals surface area contributed by atoms with E-state index in [2.05, 4.69) is 10.6 Å². The molecule has 1 aromatic carbocycles. The highest BCUT2D eigenvalue weighted by molar-refractivity contribution is 5.87. The minimum absolute atomic E-state index is 0.0293. The van der Waals surface area contributed by atoms with Crippen molar-refractivity contribution >= 4 is 5.91 Å². The summed E-state index contributed by atoms with van der Waals surface area (Å²) >= 11 is 0. The smallest absolute Gasteiger partial charge is 0.230 e. The molecule has 0 spiro atoms. The predicted molar refractivity (Wildman–Crippen MR) is 81.9 cm³/mol. The number of methoxy groups -OCH3 is 2. The SMILES string of the molecule is COc1ccc(C(C)(C)C(=O)NCC2CNC2)cc1OC. The molecule has 0 bridgehead atoms. The summed E-state index contributed by atoms with van der Waals surface area (Å²) in [4.78, 5) is 12.5. The monoisotopic (exact) mass is 292 g/mol. The number of carbonyl (C=O) groups excluding carboxylic acids is 1. The van der Waals surface area contributed by atoms with Crippen LogP contribution in [0.1, 0.15) is 19.4 Å². The summed E-state index contributed by atoms with van der Waals surface area (Å²) in [6.45, 7) is 6.53. The standard InChI is InChI=1S/C16H24N2O3/c1-16(2,15(19)18-10-11-8-17-9-11)12-5-6-13(20-3)14(7-12)21-4/h5-7,11,17H,8-10H2,1-4H3,(H,18,19). The van der Waals surface area contributed by atoms with Crippen LogP contribution in [0.5, 0.6) is 11.5 Å². The predicted octanol–water partition coefficient (Wildman–Crippen LogP) is 1.32. The van der Waals surface area contributed by atoms with E-state index in [4.69, 9.17) is 9.47 Å². The third kappa shape index (κ3) is 3.29. The van der Waals surface area contributed by atoms with Crippen LogP contribution in [0, 0.1) is 5.92 Å². The van der Waals surface area contributed by atoms with E-state index in [9.17, 15) is 4.79 Å². The molecule has 2 N–H and O–H groups in total. The van der Waals surface area contributed by atoms with Crippen LogP contribution in [-0.2, 0) is 10.2 Å². The number of rotatable bonds is 6. The maximum Gasteiger partial charge on any atom is 0.230 e. The molecule has 1 aliphatic heterocycles. The molecule has 0 unspecified atom stereocenters. The number of hydrogen-bond donors (Lipinski definition) is 2. The Hall–Kier alpha value is -1.75. The molecule has 1 aliphatic rings. The van der Waals surface area contributed by atoms with Gasteiger partial charge >= 0.3 is 0 Å². The van der Waals surface area contributed by atoms with Crippen molar-refractivity contribution in [2.45, 2.75) is 19.3 Å². The first-order chi connectivity index (χ1) is 9.98. The zero-order valence-corrected chi connectivity index (χ0v) is 13.2. The number of benzene rings is 1. The first kappa shape index (κ1) is 15.6. The molecule has 0 saturated carbocycles. The second kappa shape index (κ2) is 6.35. The van der Waals surface area contributed by atoms with Gasteiger partial charge in [-0.15, -0.1) is 0 Å². The van der Waals surface area contributed by atoms with E-state index in [0.29, 0.717) is 17.4 Å². The van der Waals surface area contributed by atoms with Gasteiger partial charge in [0.2, 0.25) is 5.91 Å². The summed E-state index contributed by atoms with van der Waals surface area (Å²) in [7, 11) is 3.19. The molecular weight excluding hydrogens is 268 g/mol. The summed E-state index contributed by atoms with van der Waals surface area (Å²) in [6, 6.07) is 5.61. The van der Waals surface area contributed by atoms with E-state index in [1.54, 1.807) is 14.2 Å².